The number of carboxylic acid groups (broad SMARTS) is 1. The van der Waals surface area contributed by atoms with Crippen molar-refractivity contribution in [3.63, 3.8) is 0 Å². The van der Waals surface area contributed by atoms with Crippen molar-refractivity contribution in [2.24, 2.45) is 0 Å². The summed E-state index contributed by atoms with van der Waals surface area (Å²) in [6.45, 7) is 2.95. The summed E-state index contributed by atoms with van der Waals surface area (Å²) in [7, 11) is 0. The number of nitrogens with two attached hydrogens (primary N) is 1. The minimum atomic E-state index is -1.20. The number of rotatable bonds is 2. The minimum Gasteiger partial charge on any atom is -0.481 e. The summed E-state index contributed by atoms with van der Waals surface area (Å²) in [5, 5.41) is 23.7. The van der Waals surface area contributed by atoms with Crippen LogP contribution < -0.4 is 5.73 Å². The van der Waals surface area contributed by atoms with E-state index in [9.17, 15) is 4.79 Å². The molecule has 0 aromatic carbocycles. The number of carboxylic acids is 1. The number of aliphatic carboxylic acids is 1. The van der Waals surface area contributed by atoms with Crippen LogP contribution >= 0.6 is 0 Å². The first-order valence-electron chi connectivity index (χ1n) is 3.89. The molecule has 1 heterocycles. The molecule has 0 atom stereocenters. The third-order valence-electron chi connectivity index (χ3n) is 2.07. The molecule has 4 N–H and O–H groups in total. The second kappa shape index (κ2) is 3.03. The number of hydrogen-bond acceptors (Lipinski definition) is 4. The van der Waals surface area contributed by atoms with Crippen LogP contribution in [0.15, 0.2) is 0 Å². The molecule has 0 saturated heterocycles. The van der Waals surface area contributed by atoms with Gasteiger partial charge in [0, 0.05) is 0 Å². The van der Waals surface area contributed by atoms with Gasteiger partial charge in [-0.3, -0.25) is 9.89 Å². The predicted molar refractivity (Wildman–Crippen MR) is 48.4 cm³/mol. The first-order valence-corrected chi connectivity index (χ1v) is 3.89. The Hall–Kier alpha value is -2.03. The van der Waals surface area contributed by atoms with Crippen molar-refractivity contribution < 1.29 is 9.90 Å². The van der Waals surface area contributed by atoms with E-state index in [0.717, 1.165) is 0 Å². The van der Waals surface area contributed by atoms with Crippen LogP contribution in [0, 0.1) is 11.3 Å². The predicted octanol–water partition coefficient (Wildman–Crippen LogP) is 0.226. The lowest BCUT2D eigenvalue weighted by Gasteiger charge is -2.16. The fourth-order valence-corrected chi connectivity index (χ4v) is 1.03. The van der Waals surface area contributed by atoms with Gasteiger partial charge >= 0.3 is 5.97 Å². The van der Waals surface area contributed by atoms with Crippen LogP contribution in [0.25, 0.3) is 0 Å². The summed E-state index contributed by atoms with van der Waals surface area (Å²) in [6.07, 6.45) is 0. The fraction of sp³-hybridized carbons (Fsp3) is 0.375. The molecule has 74 valence electrons. The molecular weight excluding hydrogens is 184 g/mol. The van der Waals surface area contributed by atoms with Crippen LogP contribution in [0.2, 0.25) is 0 Å². The Bertz CT molecular complexity index is 413. The van der Waals surface area contributed by atoms with Crippen molar-refractivity contribution >= 4 is 11.8 Å². The van der Waals surface area contributed by atoms with Gasteiger partial charge in [0.05, 0.1) is 5.69 Å². The molecule has 0 radical (unpaired) electrons. The van der Waals surface area contributed by atoms with E-state index in [1.807, 2.05) is 6.07 Å². The summed E-state index contributed by atoms with van der Waals surface area (Å²) >= 11 is 0. The monoisotopic (exact) mass is 194 g/mol. The molecule has 6 heteroatoms. The molecule has 6 nitrogen and oxygen atoms in total. The van der Waals surface area contributed by atoms with Crippen molar-refractivity contribution in [1.29, 1.82) is 5.26 Å². The molecule has 0 aliphatic carbocycles. The number of nitrogens with zero attached hydrogens (tertiary/aromatic N) is 2. The van der Waals surface area contributed by atoms with Gasteiger partial charge in [-0.05, 0) is 13.8 Å². The number of nitrogen functional groups attached to an aromatic ring is 1. The lowest BCUT2D eigenvalue weighted by molar-refractivity contribution is -0.142. The first-order chi connectivity index (χ1) is 6.41. The van der Waals surface area contributed by atoms with E-state index in [4.69, 9.17) is 16.1 Å². The largest absolute Gasteiger partial charge is 0.481 e. The van der Waals surface area contributed by atoms with Gasteiger partial charge in [-0.2, -0.15) is 10.4 Å². The van der Waals surface area contributed by atoms with Crippen LogP contribution in [-0.2, 0) is 10.2 Å². The van der Waals surface area contributed by atoms with Crippen LogP contribution in [0.3, 0.4) is 0 Å². The van der Waals surface area contributed by atoms with Crippen molar-refractivity contribution in [1.82, 2.24) is 10.2 Å². The highest BCUT2D eigenvalue weighted by Crippen LogP contribution is 2.26. The van der Waals surface area contributed by atoms with E-state index < -0.39 is 11.4 Å². The van der Waals surface area contributed by atoms with Gasteiger partial charge in [0.2, 0.25) is 0 Å². The maximum atomic E-state index is 10.9. The van der Waals surface area contributed by atoms with Crippen molar-refractivity contribution in [2.45, 2.75) is 19.3 Å². The molecule has 0 saturated carbocycles. The zero-order valence-electron chi connectivity index (χ0n) is 7.83. The molecule has 0 aliphatic rings. The third kappa shape index (κ3) is 1.29. The topological polar surface area (TPSA) is 116 Å². The molecule has 0 bridgehead atoms. The smallest absolute Gasteiger partial charge is 0.315 e. The Balaban J connectivity index is 3.34. The molecule has 0 aliphatic heterocycles. The molecule has 14 heavy (non-hydrogen) atoms. The molecule has 0 fully saturated rings. The summed E-state index contributed by atoms with van der Waals surface area (Å²) in [4.78, 5) is 10.9. The van der Waals surface area contributed by atoms with Crippen molar-refractivity contribution in [2.75, 3.05) is 5.73 Å². The molecule has 0 amide bonds. The van der Waals surface area contributed by atoms with Gasteiger partial charge in [-0.15, -0.1) is 0 Å². The zero-order chi connectivity index (χ0) is 10.9. The van der Waals surface area contributed by atoms with Crippen LogP contribution in [0.4, 0.5) is 5.82 Å². The van der Waals surface area contributed by atoms with Gasteiger partial charge in [-0.1, -0.05) is 0 Å². The van der Waals surface area contributed by atoms with E-state index in [2.05, 4.69) is 10.2 Å². The summed E-state index contributed by atoms with van der Waals surface area (Å²) in [6, 6.07) is 1.82. The average molecular weight is 194 g/mol. The Kier molecular flexibility index (Phi) is 2.18. The van der Waals surface area contributed by atoms with E-state index in [0.29, 0.717) is 0 Å². The van der Waals surface area contributed by atoms with Gasteiger partial charge in [0.25, 0.3) is 0 Å². The lowest BCUT2D eigenvalue weighted by Crippen LogP contribution is -2.29. The SMILES string of the molecule is CC(C)(C(=O)O)c1[nH]nc(N)c1C#N. The third-order valence-corrected chi connectivity index (χ3v) is 2.07. The Morgan fingerprint density at radius 3 is 2.71 bits per heavy atom. The molecule has 0 spiro atoms. The Morgan fingerprint density at radius 1 is 1.71 bits per heavy atom. The highest BCUT2D eigenvalue weighted by molar-refractivity contribution is 5.81. The average Bonchev–Trinajstić information content (AvgIpc) is 2.46. The molecular formula is C8H10N4O2. The number of H-pyrrole nitrogens is 1. The summed E-state index contributed by atoms with van der Waals surface area (Å²) in [5.41, 5.74) is 4.51. The van der Waals surface area contributed by atoms with E-state index >= 15 is 0 Å². The quantitative estimate of drug-likeness (QED) is 0.623. The van der Waals surface area contributed by atoms with Gasteiger partial charge in [-0.25, -0.2) is 0 Å². The molecule has 1 aromatic rings. The standard InChI is InChI=1S/C8H10N4O2/c1-8(2,7(13)14)5-4(3-9)6(10)12-11-5/h1-2H3,(H,13,14)(H3,10,11,12). The first kappa shape index (κ1) is 10.1. The minimum absolute atomic E-state index is 0.0248. The number of carbonyl (C=O) groups is 1. The summed E-state index contributed by atoms with van der Waals surface area (Å²) in [5.74, 6) is -1.02. The Labute approximate surface area is 80.3 Å². The highest BCUT2D eigenvalue weighted by Gasteiger charge is 2.34. The molecule has 1 aromatic heterocycles. The summed E-state index contributed by atoms with van der Waals surface area (Å²) < 4.78 is 0. The maximum Gasteiger partial charge on any atom is 0.315 e. The number of nitriles is 1. The highest BCUT2D eigenvalue weighted by atomic mass is 16.4. The van der Waals surface area contributed by atoms with Crippen LogP contribution in [-0.4, -0.2) is 21.3 Å². The zero-order valence-corrected chi connectivity index (χ0v) is 7.83. The number of nitrogens with one attached hydrogen (secondary N) is 1. The maximum absolute atomic E-state index is 10.9. The van der Waals surface area contributed by atoms with Crippen molar-refractivity contribution in [3.8, 4) is 6.07 Å². The Morgan fingerprint density at radius 2 is 2.29 bits per heavy atom. The van der Waals surface area contributed by atoms with E-state index in [1.54, 1.807) is 0 Å². The van der Waals surface area contributed by atoms with Gasteiger partial charge in [0.1, 0.15) is 17.0 Å². The lowest BCUT2D eigenvalue weighted by atomic mass is 9.87. The number of aromatic amines is 1. The van der Waals surface area contributed by atoms with E-state index in [-0.39, 0.29) is 17.1 Å². The normalized spacial score (nSPS) is 10.9. The van der Waals surface area contributed by atoms with E-state index in [1.165, 1.54) is 13.8 Å². The van der Waals surface area contributed by atoms with Crippen molar-refractivity contribution in [3.05, 3.63) is 11.3 Å². The second-order valence-electron chi connectivity index (χ2n) is 3.40. The number of hydrogen-bond donors (Lipinski definition) is 3. The molecule has 0 unspecified atom stereocenters. The number of aromatic nitrogens is 2. The molecule has 1 rings (SSSR count). The second-order valence-corrected chi connectivity index (χ2v) is 3.40. The van der Waals surface area contributed by atoms with Crippen LogP contribution in [0.1, 0.15) is 25.1 Å². The van der Waals surface area contributed by atoms with Gasteiger partial charge < -0.3 is 10.8 Å². The van der Waals surface area contributed by atoms with Gasteiger partial charge in [0.15, 0.2) is 5.82 Å². The number of anilines is 1. The van der Waals surface area contributed by atoms with Crippen LogP contribution in [0.5, 0.6) is 0 Å². The fourth-order valence-electron chi connectivity index (χ4n) is 1.03.